The van der Waals surface area contributed by atoms with Crippen LogP contribution in [0.1, 0.15) is 23.3 Å². The average Bonchev–Trinajstić information content (AvgIpc) is 3.41. The van der Waals surface area contributed by atoms with E-state index in [0.717, 1.165) is 10.9 Å². The summed E-state index contributed by atoms with van der Waals surface area (Å²) < 4.78 is 32.5. The van der Waals surface area contributed by atoms with Gasteiger partial charge in [-0.2, -0.15) is 10.2 Å². The predicted molar refractivity (Wildman–Crippen MR) is 135 cm³/mol. The van der Waals surface area contributed by atoms with Crippen molar-refractivity contribution in [2.24, 2.45) is 0 Å². The lowest BCUT2D eigenvalue weighted by molar-refractivity contribution is -0.113. The number of aryl methyl sites for hydroxylation is 1. The number of pyridine rings is 1. The maximum absolute atomic E-state index is 15.8. The van der Waals surface area contributed by atoms with Crippen molar-refractivity contribution in [2.45, 2.75) is 18.7 Å². The van der Waals surface area contributed by atoms with E-state index in [4.69, 9.17) is 5.10 Å². The molecule has 1 unspecified atom stereocenters. The maximum Gasteiger partial charge on any atom is 0.235 e. The van der Waals surface area contributed by atoms with Crippen molar-refractivity contribution in [3.05, 3.63) is 89.8 Å². The van der Waals surface area contributed by atoms with Gasteiger partial charge in [-0.05, 0) is 49.4 Å². The van der Waals surface area contributed by atoms with Gasteiger partial charge in [0, 0.05) is 35.3 Å². The number of aromatic nitrogens is 5. The molecule has 2 aromatic carbocycles. The molecule has 10 heteroatoms. The molecule has 6 rings (SSSR count). The smallest absolute Gasteiger partial charge is 0.235 e. The molecule has 1 aliphatic heterocycles. The molecule has 7 nitrogen and oxygen atoms in total. The Kier molecular flexibility index (Phi) is 5.52. The molecule has 36 heavy (non-hydrogen) atoms. The van der Waals surface area contributed by atoms with Crippen LogP contribution in [0.15, 0.2) is 67.0 Å². The van der Waals surface area contributed by atoms with Crippen molar-refractivity contribution in [2.75, 3.05) is 11.1 Å². The van der Waals surface area contributed by atoms with E-state index < -0.39 is 11.1 Å². The normalized spacial score (nSPS) is 15.5. The number of carbonyl (C=O) groups excluding carboxylic acids is 1. The van der Waals surface area contributed by atoms with E-state index in [1.54, 1.807) is 40.0 Å². The number of amides is 1. The molecule has 0 saturated carbocycles. The molecule has 5 aromatic rings. The molecular formula is C26H20F2N6OS. The van der Waals surface area contributed by atoms with Gasteiger partial charge in [0.1, 0.15) is 23.1 Å². The third-order valence-electron chi connectivity index (χ3n) is 6.14. The molecule has 180 valence electrons. The Labute approximate surface area is 209 Å². The molecular weight excluding hydrogens is 482 g/mol. The first kappa shape index (κ1) is 22.4. The van der Waals surface area contributed by atoms with Crippen molar-refractivity contribution >= 4 is 34.4 Å². The largest absolute Gasteiger partial charge is 0.310 e. The van der Waals surface area contributed by atoms with Gasteiger partial charge in [0.2, 0.25) is 5.91 Å². The standard InChI is InChI=1S/C26H20F2N6OS/c1-2-33-26-23(24(32-33)20-5-3-4-10-29-20)25(36-14-22(35)31-26)18-11-15-13-30-34(21(15)12-19(18)28)17-8-6-16(27)7-9-17/h3-13,25H,2,14H2,1H3,(H,31,35). The molecule has 0 fully saturated rings. The second kappa shape index (κ2) is 8.87. The van der Waals surface area contributed by atoms with Gasteiger partial charge in [0.15, 0.2) is 0 Å². The highest BCUT2D eigenvalue weighted by Crippen LogP contribution is 2.47. The van der Waals surface area contributed by atoms with E-state index in [1.165, 1.54) is 30.0 Å². The van der Waals surface area contributed by atoms with Crippen LogP contribution in [0, 0.1) is 11.6 Å². The summed E-state index contributed by atoms with van der Waals surface area (Å²) in [7, 11) is 0. The first-order valence-corrected chi connectivity index (χ1v) is 12.4. The van der Waals surface area contributed by atoms with Gasteiger partial charge in [-0.1, -0.05) is 6.07 Å². The van der Waals surface area contributed by atoms with Crippen LogP contribution in [0.25, 0.3) is 28.0 Å². The van der Waals surface area contributed by atoms with Crippen molar-refractivity contribution in [3.63, 3.8) is 0 Å². The highest BCUT2D eigenvalue weighted by molar-refractivity contribution is 8.00. The van der Waals surface area contributed by atoms with Gasteiger partial charge in [-0.25, -0.2) is 18.1 Å². The highest BCUT2D eigenvalue weighted by Gasteiger charge is 2.34. The van der Waals surface area contributed by atoms with Crippen LogP contribution < -0.4 is 5.32 Å². The fourth-order valence-electron chi connectivity index (χ4n) is 4.49. The van der Waals surface area contributed by atoms with Gasteiger partial charge >= 0.3 is 0 Å². The van der Waals surface area contributed by atoms with Crippen molar-refractivity contribution in [3.8, 4) is 17.1 Å². The first-order valence-electron chi connectivity index (χ1n) is 11.4. The number of hydrogen-bond acceptors (Lipinski definition) is 5. The number of hydrogen-bond donors (Lipinski definition) is 1. The van der Waals surface area contributed by atoms with Gasteiger partial charge < -0.3 is 5.32 Å². The minimum atomic E-state index is -0.505. The van der Waals surface area contributed by atoms with Crippen molar-refractivity contribution in [1.29, 1.82) is 0 Å². The Morgan fingerprint density at radius 2 is 1.97 bits per heavy atom. The van der Waals surface area contributed by atoms with Gasteiger partial charge in [-0.3, -0.25) is 9.78 Å². The quantitative estimate of drug-likeness (QED) is 0.358. The van der Waals surface area contributed by atoms with Crippen LogP contribution in [0.2, 0.25) is 0 Å². The Hall–Kier alpha value is -4.05. The second-order valence-electron chi connectivity index (χ2n) is 8.35. The zero-order chi connectivity index (χ0) is 24.8. The molecule has 0 spiro atoms. The molecule has 0 radical (unpaired) electrons. The summed E-state index contributed by atoms with van der Waals surface area (Å²) in [6.07, 6.45) is 3.34. The number of halogens is 2. The average molecular weight is 503 g/mol. The van der Waals surface area contributed by atoms with Gasteiger partial charge in [0.05, 0.1) is 34.1 Å². The Morgan fingerprint density at radius 3 is 2.72 bits per heavy atom. The zero-order valence-electron chi connectivity index (χ0n) is 19.2. The summed E-state index contributed by atoms with van der Waals surface area (Å²) in [4.78, 5) is 17.1. The number of nitrogens with zero attached hydrogens (tertiary/aromatic N) is 5. The van der Waals surface area contributed by atoms with Gasteiger partial charge in [0.25, 0.3) is 0 Å². The molecule has 4 heterocycles. The lowest BCUT2D eigenvalue weighted by Gasteiger charge is -2.17. The third-order valence-corrected chi connectivity index (χ3v) is 7.39. The fourth-order valence-corrected chi connectivity index (χ4v) is 5.63. The lowest BCUT2D eigenvalue weighted by Crippen LogP contribution is -2.16. The maximum atomic E-state index is 15.8. The highest BCUT2D eigenvalue weighted by atomic mass is 32.2. The Bertz CT molecular complexity index is 1600. The van der Waals surface area contributed by atoms with E-state index in [0.29, 0.717) is 40.5 Å². The SMILES string of the molecule is CCn1nc(-c2ccccn2)c2c1NC(=O)CSC2c1cc2cnn(-c3ccc(F)cc3)c2cc1F. The Balaban J connectivity index is 1.53. The number of fused-ring (bicyclic) bond motifs is 2. The van der Waals surface area contributed by atoms with Crippen LogP contribution in [-0.2, 0) is 11.3 Å². The Morgan fingerprint density at radius 1 is 1.14 bits per heavy atom. The van der Waals surface area contributed by atoms with Gasteiger partial charge in [-0.15, -0.1) is 11.8 Å². The summed E-state index contributed by atoms with van der Waals surface area (Å²) in [6.45, 7) is 2.46. The zero-order valence-corrected chi connectivity index (χ0v) is 20.0. The number of anilines is 1. The molecule has 0 saturated heterocycles. The van der Waals surface area contributed by atoms with Crippen LogP contribution in [0.5, 0.6) is 0 Å². The van der Waals surface area contributed by atoms with E-state index in [-0.39, 0.29) is 17.5 Å². The molecule has 1 N–H and O–H groups in total. The lowest BCUT2D eigenvalue weighted by atomic mass is 10.00. The predicted octanol–water partition coefficient (Wildman–Crippen LogP) is 5.36. The molecule has 1 aliphatic rings. The number of nitrogens with one attached hydrogen (secondary N) is 1. The van der Waals surface area contributed by atoms with Crippen LogP contribution in [0.4, 0.5) is 14.6 Å². The second-order valence-corrected chi connectivity index (χ2v) is 9.44. The summed E-state index contributed by atoms with van der Waals surface area (Å²) >= 11 is 1.35. The van der Waals surface area contributed by atoms with Crippen molar-refractivity contribution in [1.82, 2.24) is 24.5 Å². The fraction of sp³-hybridized carbons (Fsp3) is 0.154. The monoisotopic (exact) mass is 502 g/mol. The summed E-state index contributed by atoms with van der Waals surface area (Å²) in [5, 5.41) is 12.3. The third kappa shape index (κ3) is 3.74. The molecule has 3 aromatic heterocycles. The molecule has 1 atom stereocenters. The molecule has 1 amide bonds. The minimum Gasteiger partial charge on any atom is -0.310 e. The number of benzene rings is 2. The summed E-state index contributed by atoms with van der Waals surface area (Å²) in [5.41, 5.74) is 3.58. The minimum absolute atomic E-state index is 0.164. The van der Waals surface area contributed by atoms with Crippen LogP contribution >= 0.6 is 11.8 Å². The van der Waals surface area contributed by atoms with Crippen LogP contribution in [0.3, 0.4) is 0 Å². The summed E-state index contributed by atoms with van der Waals surface area (Å²) in [5.74, 6) is -0.238. The van der Waals surface area contributed by atoms with Crippen molar-refractivity contribution < 1.29 is 13.6 Å². The topological polar surface area (TPSA) is 77.6 Å². The first-order chi connectivity index (χ1) is 17.5. The van der Waals surface area contributed by atoms with E-state index >= 15 is 4.39 Å². The summed E-state index contributed by atoms with van der Waals surface area (Å²) in [6, 6.07) is 14.6. The molecule has 0 bridgehead atoms. The number of rotatable bonds is 4. The van der Waals surface area contributed by atoms with E-state index in [1.807, 2.05) is 25.1 Å². The van der Waals surface area contributed by atoms with E-state index in [2.05, 4.69) is 15.4 Å². The molecule has 0 aliphatic carbocycles. The van der Waals surface area contributed by atoms with Crippen LogP contribution in [-0.4, -0.2) is 36.2 Å². The number of thioether (sulfide) groups is 1. The van der Waals surface area contributed by atoms with E-state index in [9.17, 15) is 9.18 Å². The number of carbonyl (C=O) groups is 1.